The number of likely N-dealkylation sites (tertiary alicyclic amines) is 1. The number of carbonyl (C=O) groups excluding carboxylic acids is 4. The van der Waals surface area contributed by atoms with Crippen LogP contribution in [0.4, 0.5) is 9.93 Å². The lowest BCUT2D eigenvalue weighted by atomic mass is 9.77. The van der Waals surface area contributed by atoms with Crippen LogP contribution in [0.15, 0.2) is 264 Å². The number of benzene rings is 8. The largest absolute Gasteiger partial charge is 0.448 e. The van der Waals surface area contributed by atoms with Gasteiger partial charge in [0.05, 0.1) is 0 Å². The lowest BCUT2D eigenvalue weighted by Crippen LogP contribution is -2.71. The van der Waals surface area contributed by atoms with Gasteiger partial charge in [-0.1, -0.05) is 248 Å². The summed E-state index contributed by atoms with van der Waals surface area (Å²) < 4.78 is 12.3. The molecular formula is C69H58N6O7S2. The molecule has 12 rings (SSSR count). The van der Waals surface area contributed by atoms with Crippen molar-refractivity contribution in [1.82, 2.24) is 20.1 Å². The summed E-state index contributed by atoms with van der Waals surface area (Å²) in [5, 5.41) is 13.2. The van der Waals surface area contributed by atoms with Crippen molar-refractivity contribution < 1.29 is 33.5 Å². The van der Waals surface area contributed by atoms with E-state index in [0.29, 0.717) is 23.8 Å². The molecule has 13 nitrogen and oxygen atoms in total. The van der Waals surface area contributed by atoms with E-state index in [1.54, 1.807) is 10.3 Å². The summed E-state index contributed by atoms with van der Waals surface area (Å²) in [5.41, 5.74) is 4.48. The van der Waals surface area contributed by atoms with Crippen LogP contribution in [0.3, 0.4) is 0 Å². The molecule has 15 heteroatoms. The molecule has 0 bridgehead atoms. The molecule has 1 aromatic heterocycles. The van der Waals surface area contributed by atoms with Crippen molar-refractivity contribution in [2.75, 3.05) is 30.8 Å². The third-order valence-corrected chi connectivity index (χ3v) is 17.5. The van der Waals surface area contributed by atoms with Crippen molar-refractivity contribution in [1.29, 1.82) is 0 Å². The maximum absolute atomic E-state index is 15.6. The zero-order chi connectivity index (χ0) is 57.3. The fourth-order valence-electron chi connectivity index (χ4n) is 11.3. The quantitative estimate of drug-likeness (QED) is 0.0263. The number of thiazole rings is 1. The van der Waals surface area contributed by atoms with Crippen LogP contribution in [0, 0.1) is 0 Å². The average Bonchev–Trinajstić information content (AvgIpc) is 3.86. The fourth-order valence-corrected chi connectivity index (χ4v) is 13.3. The number of carbonyl (C=O) groups is 4. The van der Waals surface area contributed by atoms with Gasteiger partial charge in [0.2, 0.25) is 5.60 Å². The van der Waals surface area contributed by atoms with Crippen LogP contribution in [0.1, 0.15) is 69.1 Å². The molecule has 84 heavy (non-hydrogen) atoms. The molecule has 2 fully saturated rings. The van der Waals surface area contributed by atoms with E-state index in [0.717, 1.165) is 57.3 Å². The minimum Gasteiger partial charge on any atom is -0.448 e. The molecule has 0 radical (unpaired) electrons. The molecule has 2 N–H and O–H groups in total. The number of oxime groups is 1. The van der Waals surface area contributed by atoms with Crippen LogP contribution in [0.25, 0.3) is 0 Å². The maximum atomic E-state index is 15.6. The van der Waals surface area contributed by atoms with Gasteiger partial charge in [-0.2, -0.15) is 0 Å². The number of nitrogens with one attached hydrogen (secondary N) is 2. The first-order valence-corrected chi connectivity index (χ1v) is 29.8. The lowest BCUT2D eigenvalue weighted by Gasteiger charge is -2.49. The summed E-state index contributed by atoms with van der Waals surface area (Å²) in [6.45, 7) is 0.895. The van der Waals surface area contributed by atoms with Crippen molar-refractivity contribution in [2.24, 2.45) is 5.16 Å². The highest BCUT2D eigenvalue weighted by Gasteiger charge is 2.55. The van der Waals surface area contributed by atoms with Crippen molar-refractivity contribution in [3.05, 3.63) is 310 Å². The monoisotopic (exact) mass is 1150 g/mol. The summed E-state index contributed by atoms with van der Waals surface area (Å²) >= 11 is 2.63. The molecule has 2 unspecified atom stereocenters. The molecule has 8 aromatic carbocycles. The van der Waals surface area contributed by atoms with Gasteiger partial charge in [0.25, 0.3) is 11.8 Å². The Morgan fingerprint density at radius 3 is 1.51 bits per heavy atom. The molecule has 0 spiro atoms. The van der Waals surface area contributed by atoms with Gasteiger partial charge < -0.3 is 29.8 Å². The molecule has 3 amide bonds. The van der Waals surface area contributed by atoms with E-state index < -0.39 is 52.5 Å². The first-order chi connectivity index (χ1) is 41.3. The Morgan fingerprint density at radius 1 is 0.607 bits per heavy atom. The minimum absolute atomic E-state index is 0.0372. The van der Waals surface area contributed by atoms with Crippen LogP contribution in [0.5, 0.6) is 0 Å². The molecule has 9 aromatic rings. The van der Waals surface area contributed by atoms with Gasteiger partial charge in [-0.3, -0.25) is 14.5 Å². The number of fused-ring (bicyclic) bond motifs is 1. The van der Waals surface area contributed by atoms with Gasteiger partial charge in [-0.05, 0) is 40.7 Å². The number of nitrogens with zero attached hydrogens (tertiary/aromatic N) is 4. The highest BCUT2D eigenvalue weighted by Crippen LogP contribution is 2.45. The molecule has 418 valence electrons. The number of ether oxygens (including phenoxy) is 2. The Balaban J connectivity index is 0.928. The van der Waals surface area contributed by atoms with Crippen molar-refractivity contribution in [3.8, 4) is 0 Å². The molecule has 4 heterocycles. The summed E-state index contributed by atoms with van der Waals surface area (Å²) in [6.07, 6.45) is 0.396. The summed E-state index contributed by atoms with van der Waals surface area (Å²) in [7, 11) is 0. The Labute approximate surface area is 495 Å². The van der Waals surface area contributed by atoms with Gasteiger partial charge in [0.15, 0.2) is 16.9 Å². The number of β-lactam (4-membered cyclic amide) rings is 1. The van der Waals surface area contributed by atoms with Crippen molar-refractivity contribution in [3.63, 3.8) is 0 Å². The van der Waals surface area contributed by atoms with Gasteiger partial charge in [0, 0.05) is 46.5 Å². The van der Waals surface area contributed by atoms with Crippen molar-refractivity contribution >= 4 is 57.8 Å². The molecule has 2 saturated heterocycles. The number of hydrogen-bond acceptors (Lipinski definition) is 12. The Morgan fingerprint density at radius 2 is 1.05 bits per heavy atom. The minimum atomic E-state index is -1.40. The summed E-state index contributed by atoms with van der Waals surface area (Å²) in [4.78, 5) is 74.0. The van der Waals surface area contributed by atoms with Crippen LogP contribution < -0.4 is 10.6 Å². The topological polar surface area (TPSA) is 152 Å². The summed E-state index contributed by atoms with van der Waals surface area (Å²) in [5.74, 6) is -1.91. The van der Waals surface area contributed by atoms with Gasteiger partial charge in [-0.15, -0.1) is 23.1 Å². The SMILES string of the molecule is O=C(OC(c1ccccc1)c1ccccc1)C1=C(COC(=O)N2CCCC2)CSC2C(NC(=O)/C(=N\OC(c3ccccc3)(c3ccccc3)c3ccccc3)c3csc(NC(c4ccccc4)(c4ccccc4)c4ccccc4)n3)C(=O)N12. The number of esters is 1. The van der Waals surface area contributed by atoms with E-state index in [1.807, 2.05) is 206 Å². The predicted octanol–water partition coefficient (Wildman–Crippen LogP) is 12.5. The van der Waals surface area contributed by atoms with E-state index in [2.05, 4.69) is 47.0 Å². The first kappa shape index (κ1) is 55.0. The molecule has 2 atom stereocenters. The standard InChI is InChI=1S/C69H58N6O7S2/c76-62(71-59-63(77)75-60(50(46-83-64(59)75)45-80-67(79)74-43-25-26-44-74)65(78)81-61(48-27-9-1-10-28-48)49-29-11-2-12-30-49)58(73-82-69(54-37-19-6-20-38-54,55-39-21-7-22-40-55)56-41-23-8-24-42-56)57-47-84-66(70-57)72-68(51-31-13-3-14-32-51,52-33-15-4-16-34-52)53-35-17-5-18-36-53/h1-24,27-42,47,59,61,64H,25-26,43-46H2,(H,70,72)(H,71,76)/b73-58-. The predicted molar refractivity (Wildman–Crippen MR) is 327 cm³/mol. The van der Waals surface area contributed by atoms with Crippen LogP contribution in [0.2, 0.25) is 0 Å². The fraction of sp³-hybridized carbons (Fsp3) is 0.159. The number of amides is 3. The van der Waals surface area contributed by atoms with Gasteiger partial charge in [0.1, 0.15) is 35.0 Å². The zero-order valence-corrected chi connectivity index (χ0v) is 47.2. The summed E-state index contributed by atoms with van der Waals surface area (Å²) in [6, 6.07) is 77.0. The van der Waals surface area contributed by atoms with E-state index in [4.69, 9.17) is 24.5 Å². The average molecular weight is 1150 g/mol. The smallest absolute Gasteiger partial charge is 0.410 e. The Kier molecular flexibility index (Phi) is 16.3. The number of aromatic nitrogens is 1. The number of hydrogen-bond donors (Lipinski definition) is 2. The van der Waals surface area contributed by atoms with Gasteiger partial charge in [-0.25, -0.2) is 14.6 Å². The number of thioether (sulfide) groups is 1. The van der Waals surface area contributed by atoms with Gasteiger partial charge >= 0.3 is 12.1 Å². The van der Waals surface area contributed by atoms with Crippen LogP contribution in [-0.2, 0) is 39.8 Å². The van der Waals surface area contributed by atoms with E-state index in [9.17, 15) is 9.59 Å². The maximum Gasteiger partial charge on any atom is 0.410 e. The third kappa shape index (κ3) is 11.0. The second-order valence-electron chi connectivity index (χ2n) is 20.5. The zero-order valence-electron chi connectivity index (χ0n) is 45.6. The first-order valence-electron chi connectivity index (χ1n) is 27.9. The van der Waals surface area contributed by atoms with E-state index in [1.165, 1.54) is 28.0 Å². The van der Waals surface area contributed by atoms with E-state index in [-0.39, 0.29) is 29.5 Å². The molecule has 0 aliphatic carbocycles. The second kappa shape index (κ2) is 24.9. The van der Waals surface area contributed by atoms with Crippen LogP contribution >= 0.6 is 23.1 Å². The normalized spacial score (nSPS) is 16.1. The molecule has 3 aliphatic rings. The molecule has 0 saturated carbocycles. The highest BCUT2D eigenvalue weighted by molar-refractivity contribution is 8.00. The van der Waals surface area contributed by atoms with E-state index >= 15 is 9.59 Å². The Bertz CT molecular complexity index is 3570. The third-order valence-electron chi connectivity index (χ3n) is 15.4. The number of rotatable bonds is 19. The second-order valence-corrected chi connectivity index (χ2v) is 22.5. The lowest BCUT2D eigenvalue weighted by molar-refractivity contribution is -0.154. The molecule has 3 aliphatic heterocycles. The highest BCUT2D eigenvalue weighted by atomic mass is 32.2. The van der Waals surface area contributed by atoms with Crippen molar-refractivity contribution in [2.45, 2.75) is 41.5 Å². The number of anilines is 1. The Hall–Kier alpha value is -9.57. The van der Waals surface area contributed by atoms with Crippen LogP contribution in [-0.4, -0.2) is 81.2 Å². The molecular weight excluding hydrogens is 1090 g/mol.